The molecule has 4 heteroatoms. The Bertz CT molecular complexity index is 443. The van der Waals surface area contributed by atoms with Gasteiger partial charge < -0.3 is 0 Å². The Morgan fingerprint density at radius 1 is 1.45 bits per heavy atom. The summed E-state index contributed by atoms with van der Waals surface area (Å²) in [7, 11) is 0. The van der Waals surface area contributed by atoms with Gasteiger partial charge in [-0.05, 0) is 0 Å². The fraction of sp³-hybridized carbons (Fsp3) is 0. The van der Waals surface area contributed by atoms with Crippen LogP contribution < -0.4 is 10.1 Å². The Kier molecular flexibility index (Phi) is 1.39. The first-order chi connectivity index (χ1) is 5.25. The molecule has 0 bridgehead atoms. The van der Waals surface area contributed by atoms with E-state index < -0.39 is 5.76 Å². The van der Waals surface area contributed by atoms with Gasteiger partial charge in [0.25, 0.3) is 0 Å². The van der Waals surface area contributed by atoms with Crippen molar-refractivity contribution in [3.63, 3.8) is 0 Å². The van der Waals surface area contributed by atoms with Crippen LogP contribution in [0.1, 0.15) is 0 Å². The predicted molar refractivity (Wildman–Crippen MR) is 45.0 cm³/mol. The van der Waals surface area contributed by atoms with Gasteiger partial charge in [0.1, 0.15) is 0 Å². The zero-order valence-electron chi connectivity index (χ0n) is 5.63. The van der Waals surface area contributed by atoms with Crippen molar-refractivity contribution in [2.45, 2.75) is 0 Å². The summed E-state index contributed by atoms with van der Waals surface area (Å²) in [5.41, 5.74) is 1.40. The van der Waals surface area contributed by atoms with Crippen molar-refractivity contribution in [3.05, 3.63) is 28.7 Å². The number of benzene rings is 1. The summed E-state index contributed by atoms with van der Waals surface area (Å²) >= 11 is 1.51. The normalized spacial score (nSPS) is 10.6. The van der Waals surface area contributed by atoms with Crippen LogP contribution in [0.5, 0.6) is 0 Å². The Hall–Kier alpha value is -0.952. The van der Waals surface area contributed by atoms with Crippen LogP contribution in [0.25, 0.3) is 11.1 Å². The summed E-state index contributed by atoms with van der Waals surface area (Å²) in [4.78, 5) is 13.3. The van der Waals surface area contributed by atoms with E-state index >= 15 is 0 Å². The van der Waals surface area contributed by atoms with Crippen molar-refractivity contribution < 1.29 is 4.42 Å². The molecule has 0 aliphatic rings. The van der Waals surface area contributed by atoms with Gasteiger partial charge in [-0.1, -0.05) is 0 Å². The fourth-order valence-corrected chi connectivity index (χ4v) is 1.48. The third-order valence-electron chi connectivity index (χ3n) is 1.45. The first kappa shape index (κ1) is 6.74. The fourth-order valence-electron chi connectivity index (χ4n) is 0.962. The predicted octanol–water partition coefficient (Wildman–Crippen LogP) is -0.621. The average Bonchev–Trinajstić information content (AvgIpc) is 2.27. The van der Waals surface area contributed by atoms with Crippen LogP contribution in [-0.2, 0) is 0 Å². The number of aromatic amines is 1. The maximum absolute atomic E-state index is 10.7. The summed E-state index contributed by atoms with van der Waals surface area (Å²) in [6.45, 7) is 0. The third kappa shape index (κ3) is 1.12. The molecule has 0 amide bonds. The molecule has 0 radical (unpaired) electrons. The SMILES string of the molecule is O=c1[nH]c2ccc([AsH2])cc2o1. The number of hydrogen-bond donors (Lipinski definition) is 1. The molecule has 0 aliphatic carbocycles. The summed E-state index contributed by atoms with van der Waals surface area (Å²) in [6.07, 6.45) is 0. The number of rotatable bonds is 0. The van der Waals surface area contributed by atoms with E-state index in [1.807, 2.05) is 18.2 Å². The van der Waals surface area contributed by atoms with Crippen LogP contribution >= 0.6 is 0 Å². The quantitative estimate of drug-likeness (QED) is 0.590. The van der Waals surface area contributed by atoms with Gasteiger partial charge >= 0.3 is 70.5 Å². The molecule has 11 heavy (non-hydrogen) atoms. The van der Waals surface area contributed by atoms with Crippen LogP contribution in [0.4, 0.5) is 0 Å². The van der Waals surface area contributed by atoms with Crippen LogP contribution in [0.2, 0.25) is 0 Å². The summed E-state index contributed by atoms with van der Waals surface area (Å²) < 4.78 is 5.99. The molecule has 1 unspecified atom stereocenters. The molecule has 1 N–H and O–H groups in total. The molecule has 1 atom stereocenters. The van der Waals surface area contributed by atoms with Crippen LogP contribution in [0.3, 0.4) is 0 Å². The van der Waals surface area contributed by atoms with Crippen molar-refractivity contribution >= 4 is 32.3 Å². The van der Waals surface area contributed by atoms with Crippen LogP contribution in [0.15, 0.2) is 27.4 Å². The van der Waals surface area contributed by atoms with E-state index in [0.717, 1.165) is 9.87 Å². The Labute approximate surface area is 70.9 Å². The van der Waals surface area contributed by atoms with E-state index in [4.69, 9.17) is 4.42 Å². The second kappa shape index (κ2) is 2.28. The standard InChI is InChI=1S/C7H6AsNO2/c8-4-1-2-5-6(3-4)11-7(10)9-5/h1-3H,8H2,(H,9,10). The third-order valence-corrected chi connectivity index (χ3v) is 2.20. The summed E-state index contributed by atoms with van der Waals surface area (Å²) in [5.74, 6) is -0.391. The van der Waals surface area contributed by atoms with Gasteiger partial charge in [-0.25, -0.2) is 0 Å². The topological polar surface area (TPSA) is 46.0 Å². The van der Waals surface area contributed by atoms with E-state index in [0.29, 0.717) is 5.58 Å². The molecule has 3 nitrogen and oxygen atoms in total. The molecule has 2 rings (SSSR count). The van der Waals surface area contributed by atoms with Gasteiger partial charge in [0.15, 0.2) is 0 Å². The minimum atomic E-state index is -0.391. The molecule has 56 valence electrons. The molecule has 2 aromatic rings. The first-order valence-corrected chi connectivity index (χ1v) is 4.35. The molecule has 1 heterocycles. The number of aromatic nitrogens is 1. The number of hydrogen-bond acceptors (Lipinski definition) is 2. The van der Waals surface area contributed by atoms with Crippen LogP contribution in [-0.4, -0.2) is 21.8 Å². The molecular weight excluding hydrogens is 205 g/mol. The second-order valence-corrected chi connectivity index (χ2v) is 3.67. The minimum absolute atomic E-state index is 0.391. The molecular formula is C7H6AsNO2. The number of nitrogens with one attached hydrogen (secondary N) is 1. The van der Waals surface area contributed by atoms with Crippen LogP contribution in [0, 0.1) is 0 Å². The van der Waals surface area contributed by atoms with Gasteiger partial charge in [-0.3, -0.25) is 0 Å². The van der Waals surface area contributed by atoms with Gasteiger partial charge in [0.05, 0.1) is 0 Å². The Morgan fingerprint density at radius 3 is 3.09 bits per heavy atom. The summed E-state index contributed by atoms with van der Waals surface area (Å²) in [6, 6.07) is 5.65. The van der Waals surface area contributed by atoms with Gasteiger partial charge in [-0.15, -0.1) is 0 Å². The van der Waals surface area contributed by atoms with Crippen molar-refractivity contribution in [2.75, 3.05) is 0 Å². The zero-order chi connectivity index (χ0) is 7.84. The molecule has 1 aromatic carbocycles. The maximum atomic E-state index is 10.7. The van der Waals surface area contributed by atoms with Crippen molar-refractivity contribution in [2.24, 2.45) is 0 Å². The van der Waals surface area contributed by atoms with E-state index in [1.54, 1.807) is 0 Å². The molecule has 0 saturated heterocycles. The molecule has 1 aromatic heterocycles. The second-order valence-electron chi connectivity index (χ2n) is 2.27. The van der Waals surface area contributed by atoms with Gasteiger partial charge in [0, 0.05) is 0 Å². The average molecular weight is 211 g/mol. The monoisotopic (exact) mass is 211 g/mol. The summed E-state index contributed by atoms with van der Waals surface area (Å²) in [5, 5.41) is 0. The van der Waals surface area contributed by atoms with Crippen molar-refractivity contribution in [1.29, 1.82) is 0 Å². The molecule has 0 saturated carbocycles. The van der Waals surface area contributed by atoms with E-state index in [1.165, 1.54) is 16.9 Å². The van der Waals surface area contributed by atoms with E-state index in [9.17, 15) is 4.79 Å². The van der Waals surface area contributed by atoms with Crippen molar-refractivity contribution in [1.82, 2.24) is 4.98 Å². The Morgan fingerprint density at radius 2 is 2.27 bits per heavy atom. The molecule has 0 fully saturated rings. The number of H-pyrrole nitrogens is 1. The van der Waals surface area contributed by atoms with Gasteiger partial charge in [0.2, 0.25) is 0 Å². The molecule has 0 aliphatic heterocycles. The number of fused-ring (bicyclic) bond motifs is 1. The zero-order valence-corrected chi connectivity index (χ0v) is 8.05. The number of oxazole rings is 1. The van der Waals surface area contributed by atoms with Gasteiger partial charge in [-0.2, -0.15) is 0 Å². The van der Waals surface area contributed by atoms with Crippen molar-refractivity contribution in [3.8, 4) is 0 Å². The van der Waals surface area contributed by atoms with E-state index in [-0.39, 0.29) is 0 Å². The first-order valence-electron chi connectivity index (χ1n) is 3.14. The Balaban J connectivity index is 2.92. The molecule has 0 spiro atoms. The van der Waals surface area contributed by atoms with E-state index in [2.05, 4.69) is 4.98 Å².